The average Bonchev–Trinajstić information content (AvgIpc) is 2.99. The van der Waals surface area contributed by atoms with Crippen LogP contribution in [0.1, 0.15) is 19.3 Å². The van der Waals surface area contributed by atoms with E-state index in [9.17, 15) is 0 Å². The number of para-hydroxylation sites is 1. The van der Waals surface area contributed by atoms with Crippen LogP contribution in [0.5, 0.6) is 0 Å². The second-order valence-electron chi connectivity index (χ2n) is 7.65. The molecule has 1 atom stereocenters. The highest BCUT2D eigenvalue weighted by atomic mass is 15.3. The highest BCUT2D eigenvalue weighted by molar-refractivity contribution is 5.46. The van der Waals surface area contributed by atoms with Crippen molar-refractivity contribution in [3.05, 3.63) is 30.3 Å². The lowest BCUT2D eigenvalue weighted by Crippen LogP contribution is -2.49. The van der Waals surface area contributed by atoms with Crippen molar-refractivity contribution >= 4 is 5.69 Å². The molecule has 0 unspecified atom stereocenters. The van der Waals surface area contributed by atoms with Gasteiger partial charge in [-0.15, -0.1) is 0 Å². The third-order valence-corrected chi connectivity index (χ3v) is 6.11. The Labute approximate surface area is 147 Å². The maximum atomic E-state index is 2.74. The van der Waals surface area contributed by atoms with Gasteiger partial charge < -0.3 is 9.80 Å². The Kier molecular flexibility index (Phi) is 5.36. The summed E-state index contributed by atoms with van der Waals surface area (Å²) >= 11 is 0. The van der Waals surface area contributed by atoms with Gasteiger partial charge in [-0.3, -0.25) is 9.80 Å². The third kappa shape index (κ3) is 3.93. The lowest BCUT2D eigenvalue weighted by Gasteiger charge is -2.37. The van der Waals surface area contributed by atoms with Crippen molar-refractivity contribution in [3.63, 3.8) is 0 Å². The quantitative estimate of drug-likeness (QED) is 0.838. The van der Waals surface area contributed by atoms with Crippen LogP contribution in [0.2, 0.25) is 0 Å². The first kappa shape index (κ1) is 16.4. The van der Waals surface area contributed by atoms with E-state index in [1.165, 1.54) is 90.4 Å². The highest BCUT2D eigenvalue weighted by Crippen LogP contribution is 2.21. The Morgan fingerprint density at radius 3 is 2.33 bits per heavy atom. The van der Waals surface area contributed by atoms with E-state index >= 15 is 0 Å². The summed E-state index contributed by atoms with van der Waals surface area (Å²) in [4.78, 5) is 10.7. The third-order valence-electron chi connectivity index (χ3n) is 6.11. The lowest BCUT2D eigenvalue weighted by molar-refractivity contribution is 0.181. The van der Waals surface area contributed by atoms with Crippen LogP contribution >= 0.6 is 0 Å². The van der Waals surface area contributed by atoms with Gasteiger partial charge in [-0.25, -0.2) is 0 Å². The molecule has 3 saturated heterocycles. The summed E-state index contributed by atoms with van der Waals surface area (Å²) in [6.45, 7) is 12.5. The first-order valence-electron chi connectivity index (χ1n) is 9.87. The minimum absolute atomic E-state index is 0.849. The molecule has 0 aromatic heterocycles. The molecule has 24 heavy (non-hydrogen) atoms. The van der Waals surface area contributed by atoms with Gasteiger partial charge in [0.25, 0.3) is 0 Å². The number of hydrogen-bond acceptors (Lipinski definition) is 4. The van der Waals surface area contributed by atoms with Gasteiger partial charge in [0.2, 0.25) is 0 Å². The molecule has 0 radical (unpaired) electrons. The van der Waals surface area contributed by atoms with E-state index in [-0.39, 0.29) is 0 Å². The molecule has 1 aromatic carbocycles. The van der Waals surface area contributed by atoms with Crippen LogP contribution in [0.25, 0.3) is 0 Å². The molecule has 0 amide bonds. The lowest BCUT2D eigenvalue weighted by atomic mass is 10.2. The first-order valence-corrected chi connectivity index (χ1v) is 9.87. The van der Waals surface area contributed by atoms with Crippen LogP contribution in [-0.2, 0) is 0 Å². The summed E-state index contributed by atoms with van der Waals surface area (Å²) in [6, 6.07) is 11.7. The van der Waals surface area contributed by atoms with Gasteiger partial charge in [-0.2, -0.15) is 0 Å². The van der Waals surface area contributed by atoms with Crippen molar-refractivity contribution in [1.29, 1.82) is 0 Å². The zero-order valence-corrected chi connectivity index (χ0v) is 14.9. The second-order valence-corrected chi connectivity index (χ2v) is 7.65. The number of fused-ring (bicyclic) bond motifs is 1. The summed E-state index contributed by atoms with van der Waals surface area (Å²) in [6.07, 6.45) is 4.20. The summed E-state index contributed by atoms with van der Waals surface area (Å²) < 4.78 is 0. The fourth-order valence-corrected chi connectivity index (χ4v) is 4.64. The molecule has 0 bridgehead atoms. The molecule has 0 aliphatic carbocycles. The molecule has 3 aliphatic heterocycles. The minimum Gasteiger partial charge on any atom is -0.369 e. The number of nitrogens with zero attached hydrogens (tertiary/aromatic N) is 4. The van der Waals surface area contributed by atoms with Crippen LogP contribution < -0.4 is 4.90 Å². The minimum atomic E-state index is 0.849. The van der Waals surface area contributed by atoms with Gasteiger partial charge in [0.05, 0.1) is 0 Å². The largest absolute Gasteiger partial charge is 0.369 e. The molecule has 3 aliphatic rings. The fraction of sp³-hybridized carbons (Fsp3) is 0.700. The molecule has 3 heterocycles. The average molecular weight is 329 g/mol. The molecule has 4 rings (SSSR count). The van der Waals surface area contributed by atoms with Gasteiger partial charge in [0.1, 0.15) is 0 Å². The summed E-state index contributed by atoms with van der Waals surface area (Å²) in [5, 5.41) is 0. The molecular formula is C20H32N4. The van der Waals surface area contributed by atoms with Crippen LogP contribution in [0.15, 0.2) is 30.3 Å². The Morgan fingerprint density at radius 2 is 1.50 bits per heavy atom. The number of hydrogen-bond donors (Lipinski definition) is 0. The summed E-state index contributed by atoms with van der Waals surface area (Å²) in [7, 11) is 0. The van der Waals surface area contributed by atoms with E-state index in [0.717, 1.165) is 6.04 Å². The monoisotopic (exact) mass is 328 g/mol. The Bertz CT molecular complexity index is 498. The van der Waals surface area contributed by atoms with Crippen molar-refractivity contribution < 1.29 is 0 Å². The van der Waals surface area contributed by atoms with E-state index in [4.69, 9.17) is 0 Å². The molecule has 0 saturated carbocycles. The smallest absolute Gasteiger partial charge is 0.0367 e. The fourth-order valence-electron chi connectivity index (χ4n) is 4.64. The van der Waals surface area contributed by atoms with Crippen molar-refractivity contribution in [1.82, 2.24) is 14.7 Å². The maximum absolute atomic E-state index is 2.74. The molecule has 0 spiro atoms. The molecule has 3 fully saturated rings. The number of anilines is 1. The van der Waals surface area contributed by atoms with E-state index in [1.54, 1.807) is 0 Å². The number of rotatable bonds is 4. The van der Waals surface area contributed by atoms with Crippen molar-refractivity contribution in [2.45, 2.75) is 25.3 Å². The second kappa shape index (κ2) is 7.85. The van der Waals surface area contributed by atoms with E-state index in [0.29, 0.717) is 0 Å². The zero-order chi connectivity index (χ0) is 16.2. The Balaban J connectivity index is 1.21. The Morgan fingerprint density at radius 1 is 0.750 bits per heavy atom. The molecule has 1 aromatic rings. The van der Waals surface area contributed by atoms with Crippen molar-refractivity contribution in [2.75, 3.05) is 70.3 Å². The molecule has 4 nitrogen and oxygen atoms in total. The van der Waals surface area contributed by atoms with Gasteiger partial charge >= 0.3 is 0 Å². The van der Waals surface area contributed by atoms with Gasteiger partial charge in [-0.05, 0) is 51.0 Å². The normalized spacial score (nSPS) is 27.2. The highest BCUT2D eigenvalue weighted by Gasteiger charge is 2.28. The van der Waals surface area contributed by atoms with E-state index < -0.39 is 0 Å². The van der Waals surface area contributed by atoms with Gasteiger partial charge in [0, 0.05) is 57.5 Å². The standard InChI is InChI=1S/C20H32N4/c1-2-6-19(7-3-1)24-16-14-21(15-17-24)12-13-22-9-5-11-23-10-4-8-20(23)18-22/h1-3,6-7,20H,4-5,8-18H2/t20-/m0/s1. The van der Waals surface area contributed by atoms with E-state index in [2.05, 4.69) is 49.9 Å². The van der Waals surface area contributed by atoms with Crippen molar-refractivity contribution in [2.24, 2.45) is 0 Å². The van der Waals surface area contributed by atoms with Crippen LogP contribution in [0.4, 0.5) is 5.69 Å². The van der Waals surface area contributed by atoms with Gasteiger partial charge in [-0.1, -0.05) is 18.2 Å². The summed E-state index contributed by atoms with van der Waals surface area (Å²) in [5.74, 6) is 0. The maximum Gasteiger partial charge on any atom is 0.0367 e. The predicted octanol–water partition coefficient (Wildman–Crippen LogP) is 1.98. The number of benzene rings is 1. The number of piperazine rings is 1. The van der Waals surface area contributed by atoms with Crippen molar-refractivity contribution in [3.8, 4) is 0 Å². The molecule has 132 valence electrons. The first-order chi connectivity index (χ1) is 11.9. The molecule has 0 N–H and O–H groups in total. The van der Waals surface area contributed by atoms with Crippen LogP contribution in [-0.4, -0.2) is 86.2 Å². The molecule has 4 heteroatoms. The molecular weight excluding hydrogens is 296 g/mol. The van der Waals surface area contributed by atoms with Gasteiger partial charge in [0.15, 0.2) is 0 Å². The topological polar surface area (TPSA) is 13.0 Å². The Hall–Kier alpha value is -1.10. The summed E-state index contributed by atoms with van der Waals surface area (Å²) in [5.41, 5.74) is 1.38. The van der Waals surface area contributed by atoms with E-state index in [1.807, 2.05) is 0 Å². The zero-order valence-electron chi connectivity index (χ0n) is 14.9. The SMILES string of the molecule is c1ccc(N2CCN(CCN3CCCN4CCC[C@H]4C3)CC2)cc1. The van der Waals surface area contributed by atoms with Crippen LogP contribution in [0.3, 0.4) is 0 Å². The predicted molar refractivity (Wildman–Crippen MR) is 101 cm³/mol. The van der Waals surface area contributed by atoms with Crippen LogP contribution in [0, 0.1) is 0 Å².